The first-order valence-electron chi connectivity index (χ1n) is 8.82. The fourth-order valence-corrected chi connectivity index (χ4v) is 4.68. The Kier molecular flexibility index (Phi) is 7.80. The van der Waals surface area contributed by atoms with Crippen molar-refractivity contribution in [3.8, 4) is 0 Å². The number of halogens is 2. The quantitative estimate of drug-likeness (QED) is 0.223. The topological polar surface area (TPSA) is 77.2 Å². The summed E-state index contributed by atoms with van der Waals surface area (Å²) in [5.41, 5.74) is 7.05. The van der Waals surface area contributed by atoms with Gasteiger partial charge in [0.15, 0.2) is 5.13 Å². The monoisotopic (exact) mass is 467 g/mol. The number of hydrogen-bond acceptors (Lipinski definition) is 7. The summed E-state index contributed by atoms with van der Waals surface area (Å²) in [6.07, 6.45) is 0. The number of thioether (sulfide) groups is 1. The maximum absolute atomic E-state index is 12.8. The molecule has 0 spiro atoms. The molecule has 0 bridgehead atoms. The maximum atomic E-state index is 12.8. The van der Waals surface area contributed by atoms with E-state index in [1.807, 2.05) is 31.2 Å². The molecule has 1 heterocycles. The van der Waals surface area contributed by atoms with E-state index in [9.17, 15) is 4.79 Å². The van der Waals surface area contributed by atoms with Crippen LogP contribution in [0.5, 0.6) is 0 Å². The van der Waals surface area contributed by atoms with Gasteiger partial charge in [0.05, 0.1) is 22.2 Å². The number of thiazole rings is 1. The van der Waals surface area contributed by atoms with E-state index in [1.165, 1.54) is 0 Å². The number of aromatic nitrogens is 1. The minimum Gasteiger partial charge on any atom is -0.382 e. The van der Waals surface area contributed by atoms with E-state index in [1.54, 1.807) is 30.0 Å². The Morgan fingerprint density at radius 1 is 1.21 bits per heavy atom. The molecular weight excluding hydrogens is 449 g/mol. The maximum Gasteiger partial charge on any atom is 0.209 e. The number of carbonyl (C=O) groups is 1. The Bertz CT molecular complexity index is 974. The predicted molar refractivity (Wildman–Crippen MR) is 123 cm³/mol. The van der Waals surface area contributed by atoms with Crippen molar-refractivity contribution in [2.24, 2.45) is 0 Å². The second-order valence-corrected chi connectivity index (χ2v) is 8.84. The van der Waals surface area contributed by atoms with Gasteiger partial charge in [0.2, 0.25) is 5.78 Å². The number of hydrogen-bond donors (Lipinski definition) is 2. The normalized spacial score (nSPS) is 10.9. The minimum atomic E-state index is -0.343. The number of nitrogen functional groups attached to an aromatic ring is 1. The zero-order valence-corrected chi connectivity index (χ0v) is 18.7. The number of nitrogens with zero attached hydrogens (tertiary/aromatic N) is 1. The van der Waals surface area contributed by atoms with Crippen LogP contribution in [0.4, 0.5) is 16.6 Å². The standard InChI is InChI=1S/C20H19Cl2N3O2S2/c1-2-27-10-11-28-13-8-6-12(7-9-13)24-20-25-19(23)18(29-20)17(26)16-14(21)4-3-5-15(16)22/h3-9H,2,10-11,23H2,1H3,(H,24,25). The third-order valence-corrected chi connectivity index (χ3v) is 6.45. The highest BCUT2D eigenvalue weighted by Crippen LogP contribution is 2.34. The molecule has 0 aliphatic carbocycles. The summed E-state index contributed by atoms with van der Waals surface area (Å²) in [6, 6.07) is 12.9. The number of nitrogens with one attached hydrogen (secondary N) is 1. The number of nitrogens with two attached hydrogens (primary N) is 1. The van der Waals surface area contributed by atoms with E-state index in [-0.39, 0.29) is 27.2 Å². The third kappa shape index (κ3) is 5.65. The highest BCUT2D eigenvalue weighted by atomic mass is 35.5. The highest BCUT2D eigenvalue weighted by Gasteiger charge is 2.22. The molecule has 0 radical (unpaired) electrons. The van der Waals surface area contributed by atoms with Crippen molar-refractivity contribution in [3.05, 3.63) is 63.0 Å². The van der Waals surface area contributed by atoms with Crippen LogP contribution in [0.15, 0.2) is 47.4 Å². The van der Waals surface area contributed by atoms with Gasteiger partial charge < -0.3 is 15.8 Å². The number of benzene rings is 2. The molecule has 0 atom stereocenters. The minimum absolute atomic E-state index is 0.140. The molecule has 3 rings (SSSR count). The summed E-state index contributed by atoms with van der Waals surface area (Å²) in [5, 5.41) is 4.26. The molecule has 2 aromatic carbocycles. The summed E-state index contributed by atoms with van der Waals surface area (Å²) >= 11 is 15.2. The predicted octanol–water partition coefficient (Wildman–Crippen LogP) is 6.14. The van der Waals surface area contributed by atoms with Crippen molar-refractivity contribution in [1.82, 2.24) is 4.98 Å². The van der Waals surface area contributed by atoms with Crippen LogP contribution >= 0.6 is 46.3 Å². The zero-order valence-electron chi connectivity index (χ0n) is 15.6. The average Bonchev–Trinajstić information content (AvgIpc) is 3.06. The fourth-order valence-electron chi connectivity index (χ4n) is 2.50. The van der Waals surface area contributed by atoms with E-state index in [0.717, 1.165) is 40.9 Å². The molecule has 0 aliphatic rings. The molecule has 152 valence electrons. The molecule has 0 saturated heterocycles. The summed E-state index contributed by atoms with van der Waals surface area (Å²) in [6.45, 7) is 3.44. The van der Waals surface area contributed by atoms with Crippen LogP contribution in [0.25, 0.3) is 0 Å². The second kappa shape index (κ2) is 10.3. The Balaban J connectivity index is 1.70. The number of carbonyl (C=O) groups excluding carboxylic acids is 1. The van der Waals surface area contributed by atoms with Gasteiger partial charge in [-0.3, -0.25) is 4.79 Å². The lowest BCUT2D eigenvalue weighted by Gasteiger charge is -2.05. The summed E-state index contributed by atoms with van der Waals surface area (Å²) in [4.78, 5) is 18.6. The molecule has 3 aromatic rings. The third-order valence-electron chi connectivity index (χ3n) is 3.86. The fraction of sp³-hybridized carbons (Fsp3) is 0.200. The van der Waals surface area contributed by atoms with Crippen LogP contribution in [-0.4, -0.2) is 29.7 Å². The van der Waals surface area contributed by atoms with Crippen molar-refractivity contribution in [3.63, 3.8) is 0 Å². The molecule has 0 amide bonds. The van der Waals surface area contributed by atoms with Gasteiger partial charge >= 0.3 is 0 Å². The Morgan fingerprint density at radius 2 is 1.90 bits per heavy atom. The molecule has 0 saturated carbocycles. The van der Waals surface area contributed by atoms with Gasteiger partial charge in [0, 0.05) is 22.9 Å². The van der Waals surface area contributed by atoms with Crippen LogP contribution in [-0.2, 0) is 4.74 Å². The van der Waals surface area contributed by atoms with E-state index in [4.69, 9.17) is 33.7 Å². The van der Waals surface area contributed by atoms with Crippen LogP contribution < -0.4 is 11.1 Å². The Hall–Kier alpha value is -1.77. The zero-order chi connectivity index (χ0) is 20.8. The Labute approximate surface area is 187 Å². The number of ether oxygens (including phenoxy) is 1. The van der Waals surface area contributed by atoms with Gasteiger partial charge in [-0.25, -0.2) is 4.98 Å². The molecule has 0 aliphatic heterocycles. The summed E-state index contributed by atoms with van der Waals surface area (Å²) in [7, 11) is 0. The molecule has 5 nitrogen and oxygen atoms in total. The van der Waals surface area contributed by atoms with Crippen molar-refractivity contribution in [2.75, 3.05) is 30.0 Å². The van der Waals surface area contributed by atoms with Crippen molar-refractivity contribution in [1.29, 1.82) is 0 Å². The SMILES string of the molecule is CCOCCSc1ccc(Nc2nc(N)c(C(=O)c3c(Cl)cccc3Cl)s2)cc1. The van der Waals surface area contributed by atoms with Crippen LogP contribution in [0, 0.1) is 0 Å². The molecule has 29 heavy (non-hydrogen) atoms. The van der Waals surface area contributed by atoms with E-state index in [2.05, 4.69) is 10.3 Å². The van der Waals surface area contributed by atoms with E-state index in [0.29, 0.717) is 10.0 Å². The lowest BCUT2D eigenvalue weighted by Crippen LogP contribution is -2.04. The lowest BCUT2D eigenvalue weighted by atomic mass is 10.1. The van der Waals surface area contributed by atoms with Crippen LogP contribution in [0.1, 0.15) is 22.2 Å². The van der Waals surface area contributed by atoms with Crippen molar-refractivity contribution >= 4 is 68.7 Å². The first kappa shape index (κ1) is 21.9. The van der Waals surface area contributed by atoms with Gasteiger partial charge in [-0.15, -0.1) is 11.8 Å². The first-order chi connectivity index (χ1) is 14.0. The van der Waals surface area contributed by atoms with Gasteiger partial charge in [-0.05, 0) is 43.3 Å². The molecule has 9 heteroatoms. The van der Waals surface area contributed by atoms with Crippen LogP contribution in [0.2, 0.25) is 10.0 Å². The van der Waals surface area contributed by atoms with Crippen molar-refractivity contribution in [2.45, 2.75) is 11.8 Å². The van der Waals surface area contributed by atoms with Gasteiger partial charge in [0.25, 0.3) is 0 Å². The lowest BCUT2D eigenvalue weighted by molar-refractivity contribution is 0.104. The van der Waals surface area contributed by atoms with Gasteiger partial charge in [-0.1, -0.05) is 40.6 Å². The summed E-state index contributed by atoms with van der Waals surface area (Å²) < 4.78 is 5.34. The van der Waals surface area contributed by atoms with Gasteiger partial charge in [-0.2, -0.15) is 0 Å². The first-order valence-corrected chi connectivity index (χ1v) is 11.4. The number of ketones is 1. The second-order valence-electron chi connectivity index (χ2n) is 5.85. The molecular formula is C20H19Cl2N3O2S2. The Morgan fingerprint density at radius 3 is 2.55 bits per heavy atom. The van der Waals surface area contributed by atoms with Crippen molar-refractivity contribution < 1.29 is 9.53 Å². The average molecular weight is 468 g/mol. The van der Waals surface area contributed by atoms with Gasteiger partial charge in [0.1, 0.15) is 10.7 Å². The number of rotatable bonds is 9. The smallest absolute Gasteiger partial charge is 0.209 e. The van der Waals surface area contributed by atoms with E-state index < -0.39 is 0 Å². The largest absolute Gasteiger partial charge is 0.382 e. The van der Waals surface area contributed by atoms with Crippen LogP contribution in [0.3, 0.4) is 0 Å². The molecule has 0 unspecified atom stereocenters. The summed E-state index contributed by atoms with van der Waals surface area (Å²) in [5.74, 6) is 0.700. The molecule has 0 fully saturated rings. The highest BCUT2D eigenvalue weighted by molar-refractivity contribution is 7.99. The number of anilines is 3. The molecule has 3 N–H and O–H groups in total. The molecule has 1 aromatic heterocycles. The van der Waals surface area contributed by atoms with E-state index >= 15 is 0 Å².